The van der Waals surface area contributed by atoms with Crippen molar-refractivity contribution in [2.45, 2.75) is 64.3 Å². The second-order valence-electron chi connectivity index (χ2n) is 8.27. The number of sulfonamides is 1. The molecule has 1 saturated heterocycles. The second kappa shape index (κ2) is 9.67. The summed E-state index contributed by atoms with van der Waals surface area (Å²) in [5.74, 6) is 0.346. The van der Waals surface area contributed by atoms with E-state index in [0.717, 1.165) is 18.9 Å². The monoisotopic (exact) mass is 425 g/mol. The number of rotatable bonds is 8. The third-order valence-corrected chi connectivity index (χ3v) is 7.43. The van der Waals surface area contributed by atoms with E-state index >= 15 is 0 Å². The Bertz CT molecular complexity index is 846. The molecule has 1 aliphatic heterocycles. The molecule has 1 N–H and O–H groups in total. The fourth-order valence-corrected chi connectivity index (χ4v) is 5.21. The zero-order valence-corrected chi connectivity index (χ0v) is 18.4. The molecule has 1 heterocycles. The lowest BCUT2D eigenvalue weighted by Crippen LogP contribution is -2.44. The Hall–Kier alpha value is -2.00. The summed E-state index contributed by atoms with van der Waals surface area (Å²) in [7, 11) is -3.84. The number of piperidine rings is 1. The van der Waals surface area contributed by atoms with Crippen LogP contribution >= 0.6 is 0 Å². The fraction of sp³-hybridized carbons (Fsp3) is 0.650. The van der Waals surface area contributed by atoms with Gasteiger partial charge < -0.3 is 5.32 Å². The minimum absolute atomic E-state index is 0.0233. The van der Waals surface area contributed by atoms with Crippen LogP contribution in [0.15, 0.2) is 23.1 Å². The van der Waals surface area contributed by atoms with Gasteiger partial charge in [0.15, 0.2) is 0 Å². The zero-order chi connectivity index (χ0) is 21.8. The van der Waals surface area contributed by atoms with Gasteiger partial charge in [0.1, 0.15) is 0 Å². The van der Waals surface area contributed by atoms with Gasteiger partial charge in [-0.3, -0.25) is 14.9 Å². The van der Waals surface area contributed by atoms with Crippen LogP contribution in [0.4, 0.5) is 5.69 Å². The summed E-state index contributed by atoms with van der Waals surface area (Å²) in [5.41, 5.74) is 0.216. The predicted octanol–water partition coefficient (Wildman–Crippen LogP) is 3.24. The maximum Gasteiger partial charge on any atom is 0.270 e. The minimum atomic E-state index is -3.84. The van der Waals surface area contributed by atoms with E-state index in [0.29, 0.717) is 24.3 Å². The number of amides is 1. The lowest BCUT2D eigenvalue weighted by molar-refractivity contribution is -0.385. The summed E-state index contributed by atoms with van der Waals surface area (Å²) in [4.78, 5) is 22.9. The first kappa shape index (κ1) is 23.3. The number of nitro groups is 1. The first-order chi connectivity index (χ1) is 13.5. The Balaban J connectivity index is 2.00. The molecular formula is C20H31N3O5S. The van der Waals surface area contributed by atoms with Crippen molar-refractivity contribution in [3.63, 3.8) is 0 Å². The topological polar surface area (TPSA) is 110 Å². The lowest BCUT2D eigenvalue weighted by Gasteiger charge is -2.31. The third-order valence-electron chi connectivity index (χ3n) is 5.39. The average Bonchev–Trinajstić information content (AvgIpc) is 2.66. The average molecular weight is 426 g/mol. The zero-order valence-electron chi connectivity index (χ0n) is 17.6. The Morgan fingerprint density at radius 3 is 2.41 bits per heavy atom. The van der Waals surface area contributed by atoms with E-state index in [1.807, 2.05) is 6.92 Å². The van der Waals surface area contributed by atoms with Crippen molar-refractivity contribution < 1.29 is 18.1 Å². The fourth-order valence-electron chi connectivity index (χ4n) is 3.49. The Labute approximate surface area is 172 Å². The summed E-state index contributed by atoms with van der Waals surface area (Å²) in [6, 6.07) is 3.95. The van der Waals surface area contributed by atoms with Gasteiger partial charge in [-0.25, -0.2) is 8.42 Å². The number of benzene rings is 1. The van der Waals surface area contributed by atoms with Crippen molar-refractivity contribution in [1.82, 2.24) is 9.62 Å². The molecule has 1 amide bonds. The first-order valence-corrected chi connectivity index (χ1v) is 11.5. The van der Waals surface area contributed by atoms with Gasteiger partial charge in [0.2, 0.25) is 15.9 Å². The van der Waals surface area contributed by atoms with Crippen molar-refractivity contribution >= 4 is 21.6 Å². The number of nitrogens with zero attached hydrogens (tertiary/aromatic N) is 2. The van der Waals surface area contributed by atoms with E-state index in [1.54, 1.807) is 6.92 Å². The Morgan fingerprint density at radius 2 is 1.86 bits per heavy atom. The maximum atomic E-state index is 13.0. The third kappa shape index (κ3) is 5.99. The van der Waals surface area contributed by atoms with Crippen molar-refractivity contribution in [1.29, 1.82) is 0 Å². The van der Waals surface area contributed by atoms with Crippen LogP contribution in [-0.2, 0) is 14.8 Å². The highest BCUT2D eigenvalue weighted by molar-refractivity contribution is 7.89. The van der Waals surface area contributed by atoms with Crippen LogP contribution in [-0.4, -0.2) is 42.7 Å². The van der Waals surface area contributed by atoms with Crippen LogP contribution < -0.4 is 5.32 Å². The SMILES string of the molecule is Cc1ccc([N+](=O)[O-])cc1S(=O)(=O)N1CCC(C(=O)NC(C)CCC(C)C)CC1. The quantitative estimate of drug-likeness (QED) is 0.508. The van der Waals surface area contributed by atoms with Gasteiger partial charge in [0.05, 0.1) is 9.82 Å². The number of aryl methyl sites for hydroxylation is 1. The molecular weight excluding hydrogens is 394 g/mol. The van der Waals surface area contributed by atoms with Crippen molar-refractivity contribution in [3.8, 4) is 0 Å². The van der Waals surface area contributed by atoms with Crippen LogP contribution in [0.2, 0.25) is 0 Å². The second-order valence-corrected chi connectivity index (χ2v) is 10.2. The van der Waals surface area contributed by atoms with Gasteiger partial charge >= 0.3 is 0 Å². The molecule has 0 bridgehead atoms. The van der Waals surface area contributed by atoms with E-state index in [-0.39, 0.29) is 41.5 Å². The summed E-state index contributed by atoms with van der Waals surface area (Å²) in [5, 5.41) is 14.0. The standard InChI is InChI=1S/C20H31N3O5S/c1-14(2)5-7-16(4)21-20(24)17-9-11-22(12-10-17)29(27,28)19-13-18(23(25)26)8-6-15(19)3/h6,8,13-14,16-17H,5,7,9-12H2,1-4H3,(H,21,24). The molecule has 1 aliphatic rings. The van der Waals surface area contributed by atoms with Crippen LogP contribution in [0.3, 0.4) is 0 Å². The van der Waals surface area contributed by atoms with Crippen molar-refractivity contribution in [2.75, 3.05) is 13.1 Å². The molecule has 29 heavy (non-hydrogen) atoms. The van der Waals surface area contributed by atoms with E-state index in [2.05, 4.69) is 19.2 Å². The molecule has 1 aromatic rings. The first-order valence-electron chi connectivity index (χ1n) is 10.1. The van der Waals surface area contributed by atoms with Crippen molar-refractivity contribution in [3.05, 3.63) is 33.9 Å². The van der Waals surface area contributed by atoms with Gasteiger partial charge in [-0.05, 0) is 51.0 Å². The molecule has 1 fully saturated rings. The number of nitrogens with one attached hydrogen (secondary N) is 1. The van der Waals surface area contributed by atoms with Gasteiger partial charge in [-0.15, -0.1) is 0 Å². The van der Waals surface area contributed by atoms with Gasteiger partial charge in [-0.1, -0.05) is 19.9 Å². The molecule has 0 spiro atoms. The number of hydrogen-bond donors (Lipinski definition) is 1. The van der Waals surface area contributed by atoms with Crippen LogP contribution in [0, 0.1) is 28.9 Å². The van der Waals surface area contributed by atoms with Gasteiger partial charge in [-0.2, -0.15) is 4.31 Å². The smallest absolute Gasteiger partial charge is 0.270 e. The Kier molecular flexibility index (Phi) is 7.76. The van der Waals surface area contributed by atoms with E-state index < -0.39 is 14.9 Å². The number of non-ortho nitro benzene ring substituents is 1. The highest BCUT2D eigenvalue weighted by Crippen LogP contribution is 2.28. The molecule has 9 heteroatoms. The Morgan fingerprint density at radius 1 is 1.24 bits per heavy atom. The molecule has 1 aromatic carbocycles. The predicted molar refractivity (Wildman–Crippen MR) is 111 cm³/mol. The number of carbonyl (C=O) groups is 1. The summed E-state index contributed by atoms with van der Waals surface area (Å²) < 4.78 is 27.3. The minimum Gasteiger partial charge on any atom is -0.353 e. The molecule has 0 saturated carbocycles. The van der Waals surface area contributed by atoms with E-state index in [4.69, 9.17) is 0 Å². The lowest BCUT2D eigenvalue weighted by atomic mass is 9.96. The largest absolute Gasteiger partial charge is 0.353 e. The maximum absolute atomic E-state index is 13.0. The van der Waals surface area contributed by atoms with Gasteiger partial charge in [0, 0.05) is 37.2 Å². The molecule has 0 aliphatic carbocycles. The number of hydrogen-bond acceptors (Lipinski definition) is 5. The van der Waals surface area contributed by atoms with E-state index in [9.17, 15) is 23.3 Å². The highest BCUT2D eigenvalue weighted by Gasteiger charge is 2.33. The normalized spacial score (nSPS) is 17.3. The van der Waals surface area contributed by atoms with Crippen LogP contribution in [0.5, 0.6) is 0 Å². The summed E-state index contributed by atoms with van der Waals surface area (Å²) in [6.07, 6.45) is 2.84. The molecule has 1 atom stereocenters. The van der Waals surface area contributed by atoms with Crippen molar-refractivity contribution in [2.24, 2.45) is 11.8 Å². The molecule has 0 aromatic heterocycles. The summed E-state index contributed by atoms with van der Waals surface area (Å²) >= 11 is 0. The number of carbonyl (C=O) groups excluding carboxylic acids is 1. The summed E-state index contributed by atoms with van der Waals surface area (Å²) in [6.45, 7) is 8.35. The molecule has 0 radical (unpaired) electrons. The van der Waals surface area contributed by atoms with Crippen LogP contribution in [0.1, 0.15) is 52.0 Å². The van der Waals surface area contributed by atoms with E-state index in [1.165, 1.54) is 16.4 Å². The highest BCUT2D eigenvalue weighted by atomic mass is 32.2. The molecule has 2 rings (SSSR count). The number of nitro benzene ring substituents is 1. The van der Waals surface area contributed by atoms with Gasteiger partial charge in [0.25, 0.3) is 5.69 Å². The molecule has 1 unspecified atom stereocenters. The van der Waals surface area contributed by atoms with Crippen LogP contribution in [0.25, 0.3) is 0 Å². The molecule has 162 valence electrons. The molecule has 8 nitrogen and oxygen atoms in total.